The van der Waals surface area contributed by atoms with Gasteiger partial charge in [0.1, 0.15) is 5.75 Å². The smallest absolute Gasteiger partial charge is 0.119 e. The summed E-state index contributed by atoms with van der Waals surface area (Å²) in [6.07, 6.45) is 6.46. The predicted octanol–water partition coefficient (Wildman–Crippen LogP) is 3.07. The topological polar surface area (TPSA) is 21.3 Å². The van der Waals surface area contributed by atoms with Crippen molar-refractivity contribution in [3.63, 3.8) is 0 Å². The largest absolute Gasteiger partial charge is 0.494 e. The van der Waals surface area contributed by atoms with Gasteiger partial charge in [0, 0.05) is 6.04 Å². The van der Waals surface area contributed by atoms with Gasteiger partial charge in [-0.3, -0.25) is 0 Å². The van der Waals surface area contributed by atoms with Crippen LogP contribution in [-0.4, -0.2) is 13.7 Å². The zero-order valence-corrected chi connectivity index (χ0v) is 10.5. The standard InChI is InChI=1S/C15H21NO/c1-16-15-7-4-12-10-13(5-6-14(12)15)17-9-8-11-2-3-11/h5-6,10-11,15-16H,2-4,7-9H2,1H3. The quantitative estimate of drug-likeness (QED) is 0.841. The van der Waals surface area contributed by atoms with Gasteiger partial charge >= 0.3 is 0 Å². The van der Waals surface area contributed by atoms with Gasteiger partial charge in [-0.15, -0.1) is 0 Å². The number of benzene rings is 1. The SMILES string of the molecule is CNC1CCc2cc(OCCC3CC3)ccc21. The van der Waals surface area contributed by atoms with Gasteiger partial charge < -0.3 is 10.1 Å². The molecule has 0 saturated heterocycles. The summed E-state index contributed by atoms with van der Waals surface area (Å²) in [6, 6.07) is 7.14. The van der Waals surface area contributed by atoms with Crippen LogP contribution in [0, 0.1) is 5.92 Å². The lowest BCUT2D eigenvalue weighted by Gasteiger charge is -2.11. The summed E-state index contributed by atoms with van der Waals surface area (Å²) in [6.45, 7) is 0.888. The van der Waals surface area contributed by atoms with Gasteiger partial charge in [-0.1, -0.05) is 18.9 Å². The zero-order valence-electron chi connectivity index (χ0n) is 10.5. The molecule has 0 radical (unpaired) electrons. The molecule has 2 aliphatic rings. The van der Waals surface area contributed by atoms with E-state index >= 15 is 0 Å². The maximum absolute atomic E-state index is 5.83. The second kappa shape index (κ2) is 4.69. The molecule has 0 bridgehead atoms. The van der Waals surface area contributed by atoms with Crippen molar-refractivity contribution in [3.05, 3.63) is 29.3 Å². The van der Waals surface area contributed by atoms with Crippen LogP contribution in [0.5, 0.6) is 5.75 Å². The summed E-state index contributed by atoms with van der Waals surface area (Å²) in [5.41, 5.74) is 2.93. The van der Waals surface area contributed by atoms with Crippen LogP contribution in [-0.2, 0) is 6.42 Å². The van der Waals surface area contributed by atoms with E-state index in [4.69, 9.17) is 4.74 Å². The normalized spacial score (nSPS) is 22.5. The van der Waals surface area contributed by atoms with Crippen molar-refractivity contribution in [2.24, 2.45) is 5.92 Å². The van der Waals surface area contributed by atoms with E-state index in [-0.39, 0.29) is 0 Å². The molecule has 2 aliphatic carbocycles. The zero-order chi connectivity index (χ0) is 11.7. The predicted molar refractivity (Wildman–Crippen MR) is 69.4 cm³/mol. The number of nitrogens with one attached hydrogen (secondary N) is 1. The highest BCUT2D eigenvalue weighted by Crippen LogP contribution is 2.34. The Morgan fingerprint density at radius 2 is 2.18 bits per heavy atom. The van der Waals surface area contributed by atoms with E-state index in [0.717, 1.165) is 18.3 Å². The Morgan fingerprint density at radius 3 is 2.94 bits per heavy atom. The van der Waals surface area contributed by atoms with Crippen LogP contribution in [0.3, 0.4) is 0 Å². The minimum Gasteiger partial charge on any atom is -0.494 e. The van der Waals surface area contributed by atoms with Crippen LogP contribution in [0.25, 0.3) is 0 Å². The van der Waals surface area contributed by atoms with Gasteiger partial charge in [0.25, 0.3) is 0 Å². The van der Waals surface area contributed by atoms with E-state index in [0.29, 0.717) is 6.04 Å². The van der Waals surface area contributed by atoms with Crippen molar-refractivity contribution in [2.75, 3.05) is 13.7 Å². The summed E-state index contributed by atoms with van der Waals surface area (Å²) in [5.74, 6) is 2.01. The molecule has 1 saturated carbocycles. The molecule has 0 spiro atoms. The molecular formula is C15H21NO. The maximum Gasteiger partial charge on any atom is 0.119 e. The maximum atomic E-state index is 5.83. The van der Waals surface area contributed by atoms with Crippen LogP contribution >= 0.6 is 0 Å². The van der Waals surface area contributed by atoms with E-state index in [9.17, 15) is 0 Å². The number of ether oxygens (including phenoxy) is 1. The fraction of sp³-hybridized carbons (Fsp3) is 0.600. The molecule has 0 aromatic heterocycles. The van der Waals surface area contributed by atoms with Gasteiger partial charge in [0.2, 0.25) is 0 Å². The number of aryl methyl sites for hydroxylation is 1. The highest BCUT2D eigenvalue weighted by Gasteiger charge is 2.22. The molecule has 92 valence electrons. The van der Waals surface area contributed by atoms with Gasteiger partial charge in [0.15, 0.2) is 0 Å². The first-order valence-corrected chi connectivity index (χ1v) is 6.79. The molecule has 1 aromatic carbocycles. The van der Waals surface area contributed by atoms with Crippen LogP contribution < -0.4 is 10.1 Å². The Balaban J connectivity index is 1.62. The minimum atomic E-state index is 0.547. The van der Waals surface area contributed by atoms with E-state index < -0.39 is 0 Å². The summed E-state index contributed by atoms with van der Waals surface area (Å²) in [4.78, 5) is 0. The Bertz CT molecular complexity index is 398. The second-order valence-electron chi connectivity index (χ2n) is 5.32. The molecule has 1 unspecified atom stereocenters. The third-order valence-corrected chi connectivity index (χ3v) is 4.03. The highest BCUT2D eigenvalue weighted by molar-refractivity contribution is 5.40. The molecular weight excluding hydrogens is 210 g/mol. The van der Waals surface area contributed by atoms with Crippen molar-refractivity contribution < 1.29 is 4.74 Å². The molecule has 1 atom stereocenters. The number of rotatable bonds is 5. The fourth-order valence-electron chi connectivity index (χ4n) is 2.73. The molecule has 3 rings (SSSR count). The van der Waals surface area contributed by atoms with E-state index in [1.807, 2.05) is 7.05 Å². The summed E-state index contributed by atoms with van der Waals surface area (Å²) in [7, 11) is 2.04. The number of fused-ring (bicyclic) bond motifs is 1. The first-order valence-electron chi connectivity index (χ1n) is 6.79. The van der Waals surface area contributed by atoms with Crippen LogP contribution in [0.15, 0.2) is 18.2 Å². The Labute approximate surface area is 103 Å². The first-order chi connectivity index (χ1) is 8.36. The summed E-state index contributed by atoms with van der Waals surface area (Å²) >= 11 is 0. The minimum absolute atomic E-state index is 0.547. The molecule has 2 heteroatoms. The first kappa shape index (κ1) is 11.1. The molecule has 0 amide bonds. The average molecular weight is 231 g/mol. The number of hydrogen-bond acceptors (Lipinski definition) is 2. The Kier molecular flexibility index (Phi) is 3.06. The van der Waals surface area contributed by atoms with Crippen molar-refractivity contribution in [2.45, 2.75) is 38.1 Å². The molecule has 1 fully saturated rings. The van der Waals surface area contributed by atoms with Crippen LogP contribution in [0.1, 0.15) is 42.9 Å². The Hall–Kier alpha value is -1.02. The van der Waals surface area contributed by atoms with Crippen molar-refractivity contribution in [1.82, 2.24) is 5.32 Å². The molecule has 17 heavy (non-hydrogen) atoms. The summed E-state index contributed by atoms with van der Waals surface area (Å²) in [5, 5.41) is 3.37. The van der Waals surface area contributed by atoms with E-state index in [2.05, 4.69) is 23.5 Å². The lowest BCUT2D eigenvalue weighted by molar-refractivity contribution is 0.302. The van der Waals surface area contributed by atoms with Crippen molar-refractivity contribution in [3.8, 4) is 5.75 Å². The molecule has 0 heterocycles. The average Bonchev–Trinajstić information content (AvgIpc) is 3.08. The third-order valence-electron chi connectivity index (χ3n) is 4.03. The molecule has 1 N–H and O–H groups in total. The monoisotopic (exact) mass is 231 g/mol. The fourth-order valence-corrected chi connectivity index (χ4v) is 2.73. The lowest BCUT2D eigenvalue weighted by atomic mass is 10.1. The highest BCUT2D eigenvalue weighted by atomic mass is 16.5. The van der Waals surface area contributed by atoms with Gasteiger partial charge in [-0.2, -0.15) is 0 Å². The molecule has 1 aromatic rings. The Morgan fingerprint density at radius 1 is 1.29 bits per heavy atom. The van der Waals surface area contributed by atoms with Gasteiger partial charge in [-0.25, -0.2) is 0 Å². The van der Waals surface area contributed by atoms with Crippen molar-refractivity contribution >= 4 is 0 Å². The molecule has 2 nitrogen and oxygen atoms in total. The second-order valence-corrected chi connectivity index (χ2v) is 5.32. The number of hydrogen-bond donors (Lipinski definition) is 1. The van der Waals surface area contributed by atoms with Crippen LogP contribution in [0.4, 0.5) is 0 Å². The van der Waals surface area contributed by atoms with E-state index in [1.165, 1.54) is 43.2 Å². The van der Waals surface area contributed by atoms with Crippen molar-refractivity contribution in [1.29, 1.82) is 0 Å². The van der Waals surface area contributed by atoms with Gasteiger partial charge in [0.05, 0.1) is 6.61 Å². The lowest BCUT2D eigenvalue weighted by Crippen LogP contribution is -2.12. The van der Waals surface area contributed by atoms with E-state index in [1.54, 1.807) is 0 Å². The van der Waals surface area contributed by atoms with Crippen LogP contribution in [0.2, 0.25) is 0 Å². The summed E-state index contributed by atoms with van der Waals surface area (Å²) < 4.78 is 5.83. The molecule has 0 aliphatic heterocycles. The third kappa shape index (κ3) is 2.47. The van der Waals surface area contributed by atoms with Gasteiger partial charge in [-0.05, 0) is 55.5 Å².